The topological polar surface area (TPSA) is 23.5 Å². The van der Waals surface area contributed by atoms with E-state index < -0.39 is 6.10 Å². The Kier molecular flexibility index (Phi) is 4.01. The fraction of sp³-hybridized carbons (Fsp3) is 0.375. The fourth-order valence-corrected chi connectivity index (χ4v) is 3.91. The van der Waals surface area contributed by atoms with Gasteiger partial charge in [0.25, 0.3) is 0 Å². The normalized spacial score (nSPS) is 16.1. The number of hydrogen-bond acceptors (Lipinski definition) is 3. The first-order valence-electron chi connectivity index (χ1n) is 6.90. The summed E-state index contributed by atoms with van der Waals surface area (Å²) in [4.78, 5) is 3.41. The third-order valence-electron chi connectivity index (χ3n) is 3.86. The van der Waals surface area contributed by atoms with Crippen LogP contribution in [0.15, 0.2) is 30.3 Å². The summed E-state index contributed by atoms with van der Waals surface area (Å²) < 4.78 is 0.777. The number of aryl methyl sites for hydroxylation is 1. The largest absolute Gasteiger partial charge is 0.388 e. The van der Waals surface area contributed by atoms with E-state index in [-0.39, 0.29) is 0 Å². The van der Waals surface area contributed by atoms with E-state index in [2.05, 4.69) is 24.1 Å². The summed E-state index contributed by atoms with van der Waals surface area (Å²) in [6.07, 6.45) is 2.46. The number of fused-ring (bicyclic) bond motifs is 1. The average Bonchev–Trinajstić information content (AvgIpc) is 2.84. The van der Waals surface area contributed by atoms with E-state index in [1.165, 1.54) is 29.0 Å². The van der Waals surface area contributed by atoms with Crippen LogP contribution in [0.5, 0.6) is 0 Å². The quantitative estimate of drug-likeness (QED) is 0.924. The third kappa shape index (κ3) is 2.85. The van der Waals surface area contributed by atoms with Crippen molar-refractivity contribution >= 4 is 28.6 Å². The fourth-order valence-electron chi connectivity index (χ4n) is 2.78. The minimum atomic E-state index is -0.456. The molecule has 0 aliphatic carbocycles. The molecule has 0 saturated carbocycles. The Labute approximate surface area is 128 Å². The van der Waals surface area contributed by atoms with Crippen LogP contribution in [0, 0.1) is 0 Å². The minimum Gasteiger partial charge on any atom is -0.388 e. The van der Waals surface area contributed by atoms with Gasteiger partial charge in [-0.2, -0.15) is 0 Å². The molecule has 2 nitrogen and oxygen atoms in total. The van der Waals surface area contributed by atoms with Gasteiger partial charge in [-0.1, -0.05) is 23.7 Å². The van der Waals surface area contributed by atoms with Crippen molar-refractivity contribution in [2.24, 2.45) is 0 Å². The van der Waals surface area contributed by atoms with Crippen LogP contribution in [0.1, 0.15) is 28.5 Å². The summed E-state index contributed by atoms with van der Waals surface area (Å²) in [6, 6.07) is 10.2. The highest BCUT2D eigenvalue weighted by atomic mass is 35.5. The summed E-state index contributed by atoms with van der Waals surface area (Å²) in [7, 11) is 2.13. The summed E-state index contributed by atoms with van der Waals surface area (Å²) in [5.74, 6) is 0. The maximum absolute atomic E-state index is 10.4. The summed E-state index contributed by atoms with van der Waals surface area (Å²) in [6.45, 7) is 1.11. The predicted molar refractivity (Wildman–Crippen MR) is 86.0 cm³/mol. The Balaban J connectivity index is 1.80. The number of hydrogen-bond donors (Lipinski definition) is 1. The maximum atomic E-state index is 10.4. The molecule has 0 bridgehead atoms. The Morgan fingerprint density at radius 2 is 2.20 bits per heavy atom. The molecule has 106 valence electrons. The number of rotatable bonds is 3. The van der Waals surface area contributed by atoms with Crippen LogP contribution in [0.2, 0.25) is 4.34 Å². The highest BCUT2D eigenvalue weighted by Crippen LogP contribution is 2.31. The van der Waals surface area contributed by atoms with Crippen molar-refractivity contribution in [3.8, 4) is 0 Å². The van der Waals surface area contributed by atoms with Crippen LogP contribution in [-0.4, -0.2) is 18.7 Å². The standard InChI is InChI=1S/C16H18ClNOS/c1-18-8-2-3-11-9-12(4-6-14(11)18)15(19)10-13-5-7-16(17)20-13/h4-7,9,15,19H,2-3,8,10H2,1H3. The number of benzene rings is 1. The molecule has 0 fully saturated rings. The van der Waals surface area contributed by atoms with Crippen LogP contribution in [0.25, 0.3) is 0 Å². The highest BCUT2D eigenvalue weighted by molar-refractivity contribution is 7.16. The van der Waals surface area contributed by atoms with Gasteiger partial charge in [0.05, 0.1) is 10.4 Å². The Morgan fingerprint density at radius 1 is 1.35 bits per heavy atom. The van der Waals surface area contributed by atoms with Crippen LogP contribution >= 0.6 is 22.9 Å². The molecule has 1 atom stereocenters. The van der Waals surface area contributed by atoms with Crippen LogP contribution in [0.3, 0.4) is 0 Å². The number of anilines is 1. The Hall–Kier alpha value is -1.03. The molecule has 3 rings (SSSR count). The van der Waals surface area contributed by atoms with Gasteiger partial charge in [-0.15, -0.1) is 11.3 Å². The number of aliphatic hydroxyl groups is 1. The SMILES string of the molecule is CN1CCCc2cc(C(O)Cc3ccc(Cl)s3)ccc21. The molecule has 0 saturated heterocycles. The van der Waals surface area contributed by atoms with Gasteiger partial charge < -0.3 is 10.0 Å². The molecule has 0 radical (unpaired) electrons. The molecule has 0 spiro atoms. The molecule has 2 aromatic rings. The monoisotopic (exact) mass is 307 g/mol. The van der Waals surface area contributed by atoms with Crippen molar-refractivity contribution in [2.45, 2.75) is 25.4 Å². The van der Waals surface area contributed by atoms with Crippen molar-refractivity contribution in [2.75, 3.05) is 18.5 Å². The second-order valence-electron chi connectivity index (χ2n) is 5.34. The van der Waals surface area contributed by atoms with Crippen LogP contribution in [0.4, 0.5) is 5.69 Å². The van der Waals surface area contributed by atoms with Gasteiger partial charge >= 0.3 is 0 Å². The van der Waals surface area contributed by atoms with Crippen molar-refractivity contribution in [3.63, 3.8) is 0 Å². The molecular weight excluding hydrogens is 290 g/mol. The van der Waals surface area contributed by atoms with Crippen molar-refractivity contribution < 1.29 is 5.11 Å². The maximum Gasteiger partial charge on any atom is 0.0931 e. The number of nitrogens with zero attached hydrogens (tertiary/aromatic N) is 1. The van der Waals surface area contributed by atoms with E-state index in [4.69, 9.17) is 11.6 Å². The predicted octanol–water partition coefficient (Wildman–Crippen LogP) is 4.06. The van der Waals surface area contributed by atoms with Crippen molar-refractivity contribution in [1.82, 2.24) is 0 Å². The first-order valence-corrected chi connectivity index (χ1v) is 8.09. The first kappa shape index (κ1) is 13.9. The summed E-state index contributed by atoms with van der Waals surface area (Å²) >= 11 is 7.47. The number of thiophene rings is 1. The molecule has 1 aliphatic heterocycles. The molecule has 1 unspecified atom stereocenters. The van der Waals surface area contributed by atoms with E-state index in [0.29, 0.717) is 6.42 Å². The number of aliphatic hydroxyl groups excluding tert-OH is 1. The molecule has 20 heavy (non-hydrogen) atoms. The van der Waals surface area contributed by atoms with Crippen LogP contribution < -0.4 is 4.90 Å². The molecular formula is C16H18ClNOS. The lowest BCUT2D eigenvalue weighted by molar-refractivity contribution is 0.179. The van der Waals surface area contributed by atoms with E-state index >= 15 is 0 Å². The van der Waals surface area contributed by atoms with E-state index in [1.807, 2.05) is 18.2 Å². The molecule has 2 heterocycles. The lowest BCUT2D eigenvalue weighted by atomic mass is 9.96. The van der Waals surface area contributed by atoms with Gasteiger partial charge in [0.2, 0.25) is 0 Å². The van der Waals surface area contributed by atoms with Crippen LogP contribution in [-0.2, 0) is 12.8 Å². The Morgan fingerprint density at radius 3 is 2.95 bits per heavy atom. The lowest BCUT2D eigenvalue weighted by Gasteiger charge is -2.28. The van der Waals surface area contributed by atoms with E-state index in [0.717, 1.165) is 27.7 Å². The van der Waals surface area contributed by atoms with Crippen molar-refractivity contribution in [3.05, 3.63) is 50.7 Å². The highest BCUT2D eigenvalue weighted by Gasteiger charge is 2.17. The van der Waals surface area contributed by atoms with E-state index in [1.54, 1.807) is 0 Å². The smallest absolute Gasteiger partial charge is 0.0931 e. The van der Waals surface area contributed by atoms with Gasteiger partial charge in [-0.3, -0.25) is 0 Å². The average molecular weight is 308 g/mol. The molecule has 4 heteroatoms. The summed E-state index contributed by atoms with van der Waals surface area (Å²) in [5, 5.41) is 10.4. The third-order valence-corrected chi connectivity index (χ3v) is 5.12. The van der Waals surface area contributed by atoms with Gasteiger partial charge in [-0.25, -0.2) is 0 Å². The van der Waals surface area contributed by atoms with Gasteiger partial charge in [0.1, 0.15) is 0 Å². The van der Waals surface area contributed by atoms with E-state index in [9.17, 15) is 5.11 Å². The minimum absolute atomic E-state index is 0.456. The molecule has 1 aliphatic rings. The zero-order valence-corrected chi connectivity index (χ0v) is 13.0. The molecule has 1 aromatic carbocycles. The molecule has 1 aromatic heterocycles. The van der Waals surface area contributed by atoms with Gasteiger partial charge in [-0.05, 0) is 42.2 Å². The zero-order valence-electron chi connectivity index (χ0n) is 11.5. The second-order valence-corrected chi connectivity index (χ2v) is 7.14. The van der Waals surface area contributed by atoms with Crippen molar-refractivity contribution in [1.29, 1.82) is 0 Å². The second kappa shape index (κ2) is 5.76. The Bertz CT molecular complexity index is 610. The van der Waals surface area contributed by atoms with Gasteiger partial charge in [0, 0.05) is 30.6 Å². The zero-order chi connectivity index (χ0) is 14.1. The number of halogens is 1. The molecule has 1 N–H and O–H groups in total. The molecule has 0 amide bonds. The lowest BCUT2D eigenvalue weighted by Crippen LogP contribution is -2.24. The van der Waals surface area contributed by atoms with Gasteiger partial charge in [0.15, 0.2) is 0 Å². The first-order chi connectivity index (χ1) is 9.63. The summed E-state index contributed by atoms with van der Waals surface area (Å²) in [5.41, 5.74) is 3.65.